The summed E-state index contributed by atoms with van der Waals surface area (Å²) in [5.74, 6) is 0.396. The van der Waals surface area contributed by atoms with Gasteiger partial charge >= 0.3 is 0 Å². The van der Waals surface area contributed by atoms with Crippen LogP contribution in [0.2, 0.25) is 0 Å². The van der Waals surface area contributed by atoms with Crippen LogP contribution >= 0.6 is 0 Å². The number of nitrogens with zero attached hydrogens (tertiary/aromatic N) is 3. The number of likely N-dealkylation sites (tertiary alicyclic amines) is 1. The predicted molar refractivity (Wildman–Crippen MR) is 96.6 cm³/mol. The van der Waals surface area contributed by atoms with Gasteiger partial charge in [-0.15, -0.1) is 0 Å². The third-order valence-electron chi connectivity index (χ3n) is 5.75. The molecule has 2 aromatic rings. The molecule has 2 aliphatic heterocycles. The van der Waals surface area contributed by atoms with Gasteiger partial charge in [-0.25, -0.2) is 9.37 Å². The number of amides is 1. The van der Waals surface area contributed by atoms with E-state index < -0.39 is 0 Å². The lowest BCUT2D eigenvalue weighted by Crippen LogP contribution is -2.50. The molecule has 2 aliphatic rings. The van der Waals surface area contributed by atoms with Crippen LogP contribution in [-0.4, -0.2) is 40.5 Å². The number of benzene rings is 1. The Labute approximate surface area is 152 Å². The van der Waals surface area contributed by atoms with Crippen LogP contribution in [0.15, 0.2) is 35.1 Å². The average molecular weight is 357 g/mol. The van der Waals surface area contributed by atoms with E-state index in [4.69, 9.17) is 4.42 Å². The fourth-order valence-electron chi connectivity index (χ4n) is 4.75. The number of piperidine rings is 1. The largest absolute Gasteiger partial charge is 0.438 e. The van der Waals surface area contributed by atoms with Crippen molar-refractivity contribution < 1.29 is 13.6 Å². The van der Waals surface area contributed by atoms with Crippen LogP contribution in [0.3, 0.4) is 0 Å². The third kappa shape index (κ3) is 2.77. The van der Waals surface area contributed by atoms with E-state index in [9.17, 15) is 9.18 Å². The molecule has 0 bridgehead atoms. The summed E-state index contributed by atoms with van der Waals surface area (Å²) in [6.45, 7) is 7.54. The quantitative estimate of drug-likeness (QED) is 0.823. The van der Waals surface area contributed by atoms with Crippen molar-refractivity contribution >= 4 is 11.6 Å². The summed E-state index contributed by atoms with van der Waals surface area (Å²) in [6, 6.07) is 7.14. The van der Waals surface area contributed by atoms with Crippen molar-refractivity contribution in [3.63, 3.8) is 0 Å². The Bertz CT molecular complexity index is 832. The standard InChI is InChI=1S/C20H24FN3O2/c1-13-18(26-12-22-13)19(25)23-8-7-17-14(11-23)10-20(2,3)24(17)16-6-4-5-15(21)9-16/h4-6,9,12,14,17H,7-8,10-11H2,1-3H3/t14-,17+/m1/s1. The van der Waals surface area contributed by atoms with E-state index in [1.807, 2.05) is 11.0 Å². The van der Waals surface area contributed by atoms with Crippen LogP contribution in [0.1, 0.15) is 42.9 Å². The molecule has 6 heteroatoms. The minimum atomic E-state index is -0.213. The van der Waals surface area contributed by atoms with Gasteiger partial charge in [0.05, 0.1) is 5.69 Å². The number of aromatic nitrogens is 1. The summed E-state index contributed by atoms with van der Waals surface area (Å²) < 4.78 is 19.0. The minimum absolute atomic E-state index is 0.0790. The lowest BCUT2D eigenvalue weighted by molar-refractivity contribution is 0.0634. The first-order valence-electron chi connectivity index (χ1n) is 9.11. The normalized spacial score (nSPS) is 24.6. The fourth-order valence-corrected chi connectivity index (χ4v) is 4.75. The summed E-state index contributed by atoms with van der Waals surface area (Å²) in [4.78, 5) is 21.0. The molecule has 3 heterocycles. The molecule has 1 aromatic heterocycles. The zero-order valence-electron chi connectivity index (χ0n) is 15.4. The highest BCUT2D eigenvalue weighted by molar-refractivity contribution is 5.92. The molecular weight excluding hydrogens is 333 g/mol. The zero-order chi connectivity index (χ0) is 18.5. The van der Waals surface area contributed by atoms with Gasteiger partial charge in [0.2, 0.25) is 5.76 Å². The van der Waals surface area contributed by atoms with Crippen LogP contribution in [0.4, 0.5) is 10.1 Å². The summed E-state index contributed by atoms with van der Waals surface area (Å²) in [6.07, 6.45) is 3.15. The zero-order valence-corrected chi connectivity index (χ0v) is 15.4. The number of hydrogen-bond donors (Lipinski definition) is 0. The van der Waals surface area contributed by atoms with Gasteiger partial charge in [-0.2, -0.15) is 0 Å². The number of fused-ring (bicyclic) bond motifs is 1. The predicted octanol–water partition coefficient (Wildman–Crippen LogP) is 3.64. The van der Waals surface area contributed by atoms with Crippen molar-refractivity contribution in [2.75, 3.05) is 18.0 Å². The third-order valence-corrected chi connectivity index (χ3v) is 5.75. The van der Waals surface area contributed by atoms with E-state index in [1.54, 1.807) is 19.1 Å². The fraction of sp³-hybridized carbons (Fsp3) is 0.500. The number of rotatable bonds is 2. The number of carbonyl (C=O) groups is 1. The van der Waals surface area contributed by atoms with E-state index in [1.165, 1.54) is 12.5 Å². The van der Waals surface area contributed by atoms with Gasteiger partial charge in [-0.3, -0.25) is 4.79 Å². The molecule has 0 unspecified atom stereocenters. The molecule has 0 N–H and O–H groups in total. The smallest absolute Gasteiger partial charge is 0.291 e. The summed E-state index contributed by atoms with van der Waals surface area (Å²) in [5.41, 5.74) is 1.48. The molecular formula is C20H24FN3O2. The van der Waals surface area contributed by atoms with Gasteiger partial charge in [0.25, 0.3) is 5.91 Å². The number of carbonyl (C=O) groups excluding carboxylic acids is 1. The van der Waals surface area contributed by atoms with Crippen molar-refractivity contribution in [3.05, 3.63) is 47.9 Å². The average Bonchev–Trinajstić information content (AvgIpc) is 3.12. The molecule has 0 radical (unpaired) electrons. The van der Waals surface area contributed by atoms with E-state index >= 15 is 0 Å². The molecule has 2 atom stereocenters. The number of halogens is 1. The Morgan fingerprint density at radius 1 is 1.38 bits per heavy atom. The van der Waals surface area contributed by atoms with Crippen LogP contribution < -0.4 is 4.90 Å². The first-order valence-corrected chi connectivity index (χ1v) is 9.11. The second kappa shape index (κ2) is 6.11. The van der Waals surface area contributed by atoms with E-state index in [-0.39, 0.29) is 17.3 Å². The van der Waals surface area contributed by atoms with Crippen molar-refractivity contribution in [2.24, 2.45) is 5.92 Å². The van der Waals surface area contributed by atoms with Crippen LogP contribution in [0, 0.1) is 18.7 Å². The highest BCUT2D eigenvalue weighted by Crippen LogP contribution is 2.44. The van der Waals surface area contributed by atoms with Crippen molar-refractivity contribution in [2.45, 2.75) is 45.2 Å². The van der Waals surface area contributed by atoms with Gasteiger partial charge < -0.3 is 14.2 Å². The lowest BCUT2D eigenvalue weighted by Gasteiger charge is -2.41. The Morgan fingerprint density at radius 3 is 2.88 bits per heavy atom. The Kier molecular flexibility index (Phi) is 4.01. The van der Waals surface area contributed by atoms with E-state index in [0.29, 0.717) is 36.5 Å². The molecule has 2 saturated heterocycles. The summed E-state index contributed by atoms with van der Waals surface area (Å²) >= 11 is 0. The number of aryl methyl sites for hydroxylation is 1. The molecule has 26 heavy (non-hydrogen) atoms. The molecule has 5 nitrogen and oxygen atoms in total. The summed E-state index contributed by atoms with van der Waals surface area (Å²) in [7, 11) is 0. The monoisotopic (exact) mass is 357 g/mol. The molecule has 1 amide bonds. The highest BCUT2D eigenvalue weighted by atomic mass is 19.1. The van der Waals surface area contributed by atoms with Crippen molar-refractivity contribution in [1.29, 1.82) is 0 Å². The molecule has 0 saturated carbocycles. The van der Waals surface area contributed by atoms with E-state index in [2.05, 4.69) is 23.7 Å². The second-order valence-electron chi connectivity index (χ2n) is 8.00. The molecule has 1 aromatic carbocycles. The Morgan fingerprint density at radius 2 is 2.19 bits per heavy atom. The Hall–Kier alpha value is -2.37. The molecule has 0 aliphatic carbocycles. The van der Waals surface area contributed by atoms with Crippen LogP contribution in [0.25, 0.3) is 0 Å². The SMILES string of the molecule is Cc1ncoc1C(=O)N1CC[C@H]2[C@@H](C1)CC(C)(C)N2c1cccc(F)c1. The van der Waals surface area contributed by atoms with Crippen molar-refractivity contribution in [3.8, 4) is 0 Å². The molecule has 0 spiro atoms. The maximum Gasteiger partial charge on any atom is 0.291 e. The molecule has 4 rings (SSSR count). The van der Waals surface area contributed by atoms with Crippen LogP contribution in [-0.2, 0) is 0 Å². The van der Waals surface area contributed by atoms with Gasteiger partial charge in [0.1, 0.15) is 5.82 Å². The molecule has 2 fully saturated rings. The van der Waals surface area contributed by atoms with Crippen LogP contribution in [0.5, 0.6) is 0 Å². The topological polar surface area (TPSA) is 49.6 Å². The van der Waals surface area contributed by atoms with Gasteiger partial charge in [0.15, 0.2) is 6.39 Å². The number of oxazole rings is 1. The number of anilines is 1. The minimum Gasteiger partial charge on any atom is -0.438 e. The van der Waals surface area contributed by atoms with Gasteiger partial charge in [-0.1, -0.05) is 6.07 Å². The lowest BCUT2D eigenvalue weighted by atomic mass is 9.89. The maximum atomic E-state index is 13.8. The summed E-state index contributed by atoms with van der Waals surface area (Å²) in [5, 5.41) is 0. The number of hydrogen-bond acceptors (Lipinski definition) is 4. The van der Waals surface area contributed by atoms with E-state index in [0.717, 1.165) is 18.5 Å². The first kappa shape index (κ1) is 17.1. The Balaban J connectivity index is 1.57. The van der Waals surface area contributed by atoms with Gasteiger partial charge in [-0.05, 0) is 57.7 Å². The molecule has 138 valence electrons. The maximum absolute atomic E-state index is 13.8. The highest BCUT2D eigenvalue weighted by Gasteiger charge is 2.49. The van der Waals surface area contributed by atoms with Crippen molar-refractivity contribution in [1.82, 2.24) is 9.88 Å². The van der Waals surface area contributed by atoms with Gasteiger partial charge in [0, 0.05) is 30.4 Å². The second-order valence-corrected chi connectivity index (χ2v) is 8.00. The first-order chi connectivity index (χ1) is 12.4.